The van der Waals surface area contributed by atoms with Gasteiger partial charge in [-0.15, -0.1) is 0 Å². The van der Waals surface area contributed by atoms with E-state index in [-0.39, 0.29) is 22.2 Å². The largest absolute Gasteiger partial charge is 0.325 e. The number of aryl methyl sites for hydroxylation is 1. The molecule has 0 fully saturated rings. The van der Waals surface area contributed by atoms with Gasteiger partial charge in [0.1, 0.15) is 5.82 Å². The van der Waals surface area contributed by atoms with Gasteiger partial charge in [-0.05, 0) is 48.9 Å². The van der Waals surface area contributed by atoms with E-state index in [9.17, 15) is 17.6 Å². The van der Waals surface area contributed by atoms with Crippen LogP contribution in [0.1, 0.15) is 11.1 Å². The second-order valence-corrected chi connectivity index (χ2v) is 9.61. The third-order valence-electron chi connectivity index (χ3n) is 4.49. The summed E-state index contributed by atoms with van der Waals surface area (Å²) in [6.07, 6.45) is 0. The van der Waals surface area contributed by atoms with Crippen LogP contribution in [-0.2, 0) is 21.4 Å². The van der Waals surface area contributed by atoms with Gasteiger partial charge >= 0.3 is 0 Å². The van der Waals surface area contributed by atoms with Gasteiger partial charge in [0.25, 0.3) is 0 Å². The Balaban J connectivity index is 1.89. The topological polar surface area (TPSA) is 66.5 Å². The van der Waals surface area contributed by atoms with E-state index in [1.807, 2.05) is 6.92 Å². The molecule has 3 aromatic carbocycles. The van der Waals surface area contributed by atoms with Gasteiger partial charge in [0.05, 0.1) is 16.5 Å². The van der Waals surface area contributed by atoms with Crippen LogP contribution in [0.4, 0.5) is 10.1 Å². The second-order valence-electron chi connectivity index (χ2n) is 6.85. The van der Waals surface area contributed by atoms with E-state index in [0.717, 1.165) is 15.9 Å². The number of nitrogens with zero attached hydrogens (tertiary/aromatic N) is 1. The van der Waals surface area contributed by atoms with Gasteiger partial charge in [-0.2, -0.15) is 4.31 Å². The second kappa shape index (κ2) is 9.78. The summed E-state index contributed by atoms with van der Waals surface area (Å²) >= 11 is 12.0. The molecule has 0 saturated heterocycles. The van der Waals surface area contributed by atoms with Gasteiger partial charge < -0.3 is 5.32 Å². The van der Waals surface area contributed by atoms with Crippen molar-refractivity contribution >= 4 is 44.8 Å². The van der Waals surface area contributed by atoms with Crippen molar-refractivity contribution in [2.24, 2.45) is 0 Å². The van der Waals surface area contributed by atoms with Crippen LogP contribution in [0.3, 0.4) is 0 Å². The Bertz CT molecular complexity index is 1200. The Hall–Kier alpha value is -2.45. The van der Waals surface area contributed by atoms with Crippen LogP contribution in [0.15, 0.2) is 71.6 Å². The van der Waals surface area contributed by atoms with E-state index >= 15 is 0 Å². The predicted octanol–water partition coefficient (Wildman–Crippen LogP) is 5.27. The highest BCUT2D eigenvalue weighted by Crippen LogP contribution is 2.24. The quantitative estimate of drug-likeness (QED) is 0.500. The van der Waals surface area contributed by atoms with Crippen molar-refractivity contribution in [1.29, 1.82) is 0 Å². The van der Waals surface area contributed by atoms with Gasteiger partial charge in [-0.25, -0.2) is 12.8 Å². The summed E-state index contributed by atoms with van der Waals surface area (Å²) in [4.78, 5) is 12.7. The van der Waals surface area contributed by atoms with Gasteiger partial charge in [0.15, 0.2) is 0 Å². The van der Waals surface area contributed by atoms with E-state index in [0.29, 0.717) is 10.6 Å². The van der Waals surface area contributed by atoms with Crippen molar-refractivity contribution in [2.45, 2.75) is 18.4 Å². The molecule has 0 bridgehead atoms. The highest BCUT2D eigenvalue weighted by atomic mass is 35.5. The molecule has 0 aliphatic rings. The molecule has 9 heteroatoms. The molecule has 0 aliphatic heterocycles. The molecule has 0 spiro atoms. The average molecular weight is 481 g/mol. The molecule has 0 aliphatic carbocycles. The Morgan fingerprint density at radius 2 is 1.68 bits per heavy atom. The molecule has 162 valence electrons. The van der Waals surface area contributed by atoms with E-state index in [1.54, 1.807) is 36.4 Å². The zero-order valence-electron chi connectivity index (χ0n) is 16.5. The van der Waals surface area contributed by atoms with Crippen molar-refractivity contribution in [2.75, 3.05) is 11.9 Å². The number of nitrogens with one attached hydrogen (secondary N) is 1. The van der Waals surface area contributed by atoms with E-state index < -0.39 is 28.3 Å². The minimum absolute atomic E-state index is 0.0581. The first-order chi connectivity index (χ1) is 14.7. The lowest BCUT2D eigenvalue weighted by molar-refractivity contribution is -0.116. The lowest BCUT2D eigenvalue weighted by Crippen LogP contribution is -2.37. The van der Waals surface area contributed by atoms with Gasteiger partial charge in [0, 0.05) is 17.3 Å². The molecule has 3 aromatic rings. The predicted molar refractivity (Wildman–Crippen MR) is 120 cm³/mol. The number of hydrogen-bond acceptors (Lipinski definition) is 3. The van der Waals surface area contributed by atoms with Crippen LogP contribution in [0.5, 0.6) is 0 Å². The zero-order chi connectivity index (χ0) is 22.6. The van der Waals surface area contributed by atoms with Crippen molar-refractivity contribution in [3.05, 3.63) is 93.7 Å². The van der Waals surface area contributed by atoms with Crippen LogP contribution in [0.25, 0.3) is 0 Å². The van der Waals surface area contributed by atoms with Crippen molar-refractivity contribution in [1.82, 2.24) is 4.31 Å². The third kappa shape index (κ3) is 5.83. The summed E-state index contributed by atoms with van der Waals surface area (Å²) in [5.74, 6) is -1.23. The van der Waals surface area contributed by atoms with Crippen molar-refractivity contribution < 1.29 is 17.6 Å². The molecule has 3 rings (SSSR count). The average Bonchev–Trinajstić information content (AvgIpc) is 2.72. The molecule has 31 heavy (non-hydrogen) atoms. The van der Waals surface area contributed by atoms with E-state index in [2.05, 4.69) is 5.32 Å². The van der Waals surface area contributed by atoms with Crippen LogP contribution in [0, 0.1) is 12.7 Å². The highest BCUT2D eigenvalue weighted by Gasteiger charge is 2.27. The number of benzene rings is 3. The van der Waals surface area contributed by atoms with Crippen molar-refractivity contribution in [3.8, 4) is 0 Å². The molecule has 0 radical (unpaired) electrons. The van der Waals surface area contributed by atoms with Gasteiger partial charge in [-0.3, -0.25) is 4.79 Å². The highest BCUT2D eigenvalue weighted by molar-refractivity contribution is 7.89. The Labute approximate surface area is 190 Å². The molecule has 0 unspecified atom stereocenters. The molecule has 5 nitrogen and oxygen atoms in total. The first kappa shape index (κ1) is 23.2. The molecule has 1 N–H and O–H groups in total. The zero-order valence-corrected chi connectivity index (χ0v) is 18.8. The van der Waals surface area contributed by atoms with Gasteiger partial charge in [-0.1, -0.05) is 59.1 Å². The van der Waals surface area contributed by atoms with Crippen LogP contribution >= 0.6 is 23.2 Å². The fraction of sp³-hybridized carbons (Fsp3) is 0.136. The normalized spacial score (nSPS) is 11.5. The number of amides is 1. The third-order valence-corrected chi connectivity index (χ3v) is 6.95. The lowest BCUT2D eigenvalue weighted by atomic mass is 10.2. The van der Waals surface area contributed by atoms with Crippen LogP contribution in [-0.4, -0.2) is 25.2 Å². The lowest BCUT2D eigenvalue weighted by Gasteiger charge is -2.22. The first-order valence-electron chi connectivity index (χ1n) is 9.22. The number of anilines is 1. The minimum atomic E-state index is -4.01. The summed E-state index contributed by atoms with van der Waals surface area (Å²) in [5, 5.41) is 2.78. The number of hydrogen-bond donors (Lipinski definition) is 1. The maximum absolute atomic E-state index is 13.4. The summed E-state index contributed by atoms with van der Waals surface area (Å²) in [5.41, 5.74) is 1.71. The maximum atomic E-state index is 13.4. The monoisotopic (exact) mass is 480 g/mol. The number of rotatable bonds is 7. The first-order valence-corrected chi connectivity index (χ1v) is 11.4. The minimum Gasteiger partial charge on any atom is -0.325 e. The number of sulfonamides is 1. The molecular weight excluding hydrogens is 462 g/mol. The summed E-state index contributed by atoms with van der Waals surface area (Å²) in [6.45, 7) is 1.27. The molecule has 1 amide bonds. The smallest absolute Gasteiger partial charge is 0.243 e. The summed E-state index contributed by atoms with van der Waals surface area (Å²) in [6, 6.07) is 16.8. The summed E-state index contributed by atoms with van der Waals surface area (Å²) in [7, 11) is -4.01. The van der Waals surface area contributed by atoms with Crippen LogP contribution < -0.4 is 5.32 Å². The maximum Gasteiger partial charge on any atom is 0.243 e. The molecule has 0 saturated carbocycles. The fourth-order valence-electron chi connectivity index (χ4n) is 2.84. The van der Waals surface area contributed by atoms with E-state index in [4.69, 9.17) is 23.2 Å². The molecule has 0 atom stereocenters. The Morgan fingerprint density at radius 3 is 2.32 bits per heavy atom. The summed E-state index contributed by atoms with van der Waals surface area (Å²) < 4.78 is 41.0. The fourth-order valence-corrected chi connectivity index (χ4v) is 4.59. The van der Waals surface area contributed by atoms with Crippen molar-refractivity contribution in [3.63, 3.8) is 0 Å². The van der Waals surface area contributed by atoms with E-state index in [1.165, 1.54) is 24.3 Å². The number of halogens is 3. The molecule has 0 heterocycles. The van der Waals surface area contributed by atoms with Crippen LogP contribution in [0.2, 0.25) is 10.0 Å². The molecular formula is C22H19Cl2FN2O3S. The molecule has 0 aromatic heterocycles. The SMILES string of the molecule is Cc1ccc(S(=O)(=O)N(CC(=O)Nc2ccc(F)c(Cl)c2)Cc2ccccc2Cl)cc1. The Morgan fingerprint density at radius 1 is 1.00 bits per heavy atom. The Kier molecular flexibility index (Phi) is 7.33. The number of carbonyl (C=O) groups excluding carboxylic acids is 1. The van der Waals surface area contributed by atoms with Gasteiger partial charge in [0.2, 0.25) is 15.9 Å². The number of carbonyl (C=O) groups is 1. The standard InChI is InChI=1S/C22H19Cl2FN2O3S/c1-15-6-9-18(10-7-15)31(29,30)27(13-16-4-2-3-5-19(16)23)14-22(28)26-17-8-11-21(25)20(24)12-17/h2-12H,13-14H2,1H3,(H,26,28).